The van der Waals surface area contributed by atoms with Crippen molar-refractivity contribution in [1.29, 1.82) is 0 Å². The number of pyridine rings is 1. The minimum absolute atomic E-state index is 0.609. The molecule has 6 nitrogen and oxygen atoms in total. The number of nitrogens with one attached hydrogen (secondary N) is 1. The average molecular weight is 293 g/mol. The molecule has 3 N–H and O–H groups in total. The molecule has 1 aliphatic heterocycles. The summed E-state index contributed by atoms with van der Waals surface area (Å²) < 4.78 is 0. The Balaban J connectivity index is 1.72. The number of aromatic amines is 1. The number of aromatic nitrogens is 4. The van der Waals surface area contributed by atoms with E-state index in [0.717, 1.165) is 44.1 Å². The second kappa shape index (κ2) is 5.76. The molecule has 7 heteroatoms. The third-order valence-electron chi connectivity index (χ3n) is 3.67. The Kier molecular flexibility index (Phi) is 3.84. The Bertz CT molecular complexity index is 558. The molecule has 3 heterocycles. The smallest absolute Gasteiger partial charge is 0.245 e. The summed E-state index contributed by atoms with van der Waals surface area (Å²) in [5, 5.41) is 7.81. The van der Waals surface area contributed by atoms with Crippen LogP contribution in [0.15, 0.2) is 18.3 Å². The SMILES string of the molecule is NCC1CCN(c2n[nH]c(-c3ccc(Cl)cn3)n2)CC1. The zero-order valence-electron chi connectivity index (χ0n) is 11.1. The van der Waals surface area contributed by atoms with Gasteiger partial charge in [-0.15, -0.1) is 5.10 Å². The number of nitrogens with two attached hydrogens (primary N) is 1. The molecular weight excluding hydrogens is 276 g/mol. The summed E-state index contributed by atoms with van der Waals surface area (Å²) in [7, 11) is 0. The molecule has 1 fully saturated rings. The lowest BCUT2D eigenvalue weighted by molar-refractivity contribution is 0.411. The van der Waals surface area contributed by atoms with Crippen LogP contribution in [0.2, 0.25) is 5.02 Å². The first-order valence-corrected chi connectivity index (χ1v) is 7.13. The third kappa shape index (κ3) is 2.76. The van der Waals surface area contributed by atoms with Gasteiger partial charge in [0.25, 0.3) is 0 Å². The second-order valence-electron chi connectivity index (χ2n) is 5.01. The van der Waals surface area contributed by atoms with Gasteiger partial charge in [0, 0.05) is 19.3 Å². The Hall–Kier alpha value is -1.66. The van der Waals surface area contributed by atoms with Crippen LogP contribution in [0.3, 0.4) is 0 Å². The molecule has 0 saturated carbocycles. The molecule has 1 aliphatic rings. The lowest BCUT2D eigenvalue weighted by atomic mass is 9.97. The third-order valence-corrected chi connectivity index (χ3v) is 3.90. The van der Waals surface area contributed by atoms with Crippen LogP contribution in [0.4, 0.5) is 5.95 Å². The number of hydrogen-bond acceptors (Lipinski definition) is 5. The first-order valence-electron chi connectivity index (χ1n) is 6.75. The zero-order chi connectivity index (χ0) is 13.9. The number of piperidine rings is 1. The normalized spacial score (nSPS) is 16.6. The Morgan fingerprint density at radius 2 is 2.15 bits per heavy atom. The number of rotatable bonds is 3. The van der Waals surface area contributed by atoms with Gasteiger partial charge in [-0.05, 0) is 37.4 Å². The quantitative estimate of drug-likeness (QED) is 0.899. The Labute approximate surface area is 122 Å². The van der Waals surface area contributed by atoms with Gasteiger partial charge in [-0.3, -0.25) is 10.1 Å². The van der Waals surface area contributed by atoms with Crippen LogP contribution >= 0.6 is 11.6 Å². The largest absolute Gasteiger partial charge is 0.340 e. The molecule has 0 radical (unpaired) electrons. The highest BCUT2D eigenvalue weighted by molar-refractivity contribution is 6.30. The molecule has 3 rings (SSSR count). The minimum atomic E-state index is 0.609. The first-order chi connectivity index (χ1) is 9.76. The lowest BCUT2D eigenvalue weighted by Gasteiger charge is -2.30. The van der Waals surface area contributed by atoms with Crippen LogP contribution in [-0.4, -0.2) is 39.8 Å². The standard InChI is InChI=1S/C13H17ClN6/c14-10-1-2-11(16-8-10)12-17-13(19-18-12)20-5-3-9(7-15)4-6-20/h1-2,8-9H,3-7,15H2,(H,17,18,19). The maximum Gasteiger partial charge on any atom is 0.245 e. The summed E-state index contributed by atoms with van der Waals surface area (Å²) in [5.74, 6) is 2.02. The molecule has 106 valence electrons. The van der Waals surface area contributed by atoms with Crippen molar-refractivity contribution in [2.75, 3.05) is 24.5 Å². The van der Waals surface area contributed by atoms with Crippen LogP contribution in [0.25, 0.3) is 11.5 Å². The van der Waals surface area contributed by atoms with Crippen molar-refractivity contribution in [2.45, 2.75) is 12.8 Å². The van der Waals surface area contributed by atoms with Crippen molar-refractivity contribution in [1.82, 2.24) is 20.2 Å². The summed E-state index contributed by atoms with van der Waals surface area (Å²) in [6, 6.07) is 3.62. The van der Waals surface area contributed by atoms with E-state index in [0.29, 0.717) is 16.8 Å². The lowest BCUT2D eigenvalue weighted by Crippen LogP contribution is -2.36. The number of anilines is 1. The summed E-state index contributed by atoms with van der Waals surface area (Å²) in [4.78, 5) is 10.9. The van der Waals surface area contributed by atoms with E-state index in [1.165, 1.54) is 0 Å². The van der Waals surface area contributed by atoms with Crippen molar-refractivity contribution in [2.24, 2.45) is 11.7 Å². The van der Waals surface area contributed by atoms with E-state index in [1.807, 2.05) is 6.07 Å². The molecule has 0 spiro atoms. The van der Waals surface area contributed by atoms with Crippen LogP contribution in [0.1, 0.15) is 12.8 Å². The molecule has 0 aromatic carbocycles. The zero-order valence-corrected chi connectivity index (χ0v) is 11.8. The first kappa shape index (κ1) is 13.3. The van der Waals surface area contributed by atoms with Gasteiger partial charge in [0.05, 0.1) is 5.02 Å². The summed E-state index contributed by atoms with van der Waals surface area (Å²) in [6.45, 7) is 2.67. The number of nitrogens with zero attached hydrogens (tertiary/aromatic N) is 4. The molecule has 1 saturated heterocycles. The van der Waals surface area contributed by atoms with Crippen molar-refractivity contribution < 1.29 is 0 Å². The summed E-state index contributed by atoms with van der Waals surface area (Å²) in [6.07, 6.45) is 3.80. The number of halogens is 1. The monoisotopic (exact) mass is 292 g/mol. The topological polar surface area (TPSA) is 83.7 Å². The Morgan fingerprint density at radius 3 is 2.80 bits per heavy atom. The fraction of sp³-hybridized carbons (Fsp3) is 0.462. The van der Waals surface area contributed by atoms with Gasteiger partial charge < -0.3 is 10.6 Å². The highest BCUT2D eigenvalue weighted by Crippen LogP contribution is 2.22. The summed E-state index contributed by atoms with van der Waals surface area (Å²) >= 11 is 5.83. The maximum atomic E-state index is 5.83. The van der Waals surface area contributed by atoms with Gasteiger partial charge in [-0.2, -0.15) is 4.98 Å². The molecular formula is C13H17ClN6. The van der Waals surface area contributed by atoms with E-state index in [4.69, 9.17) is 17.3 Å². The van der Waals surface area contributed by atoms with Crippen molar-refractivity contribution >= 4 is 17.5 Å². The molecule has 0 bridgehead atoms. The van der Waals surface area contributed by atoms with Gasteiger partial charge in [-0.25, -0.2) is 0 Å². The predicted molar refractivity (Wildman–Crippen MR) is 78.6 cm³/mol. The Morgan fingerprint density at radius 1 is 1.35 bits per heavy atom. The van der Waals surface area contributed by atoms with E-state index in [9.17, 15) is 0 Å². The molecule has 0 aliphatic carbocycles. The molecule has 0 amide bonds. The van der Waals surface area contributed by atoms with Gasteiger partial charge in [0.15, 0.2) is 5.82 Å². The van der Waals surface area contributed by atoms with Gasteiger partial charge in [0.1, 0.15) is 5.69 Å². The number of hydrogen-bond donors (Lipinski definition) is 2. The fourth-order valence-electron chi connectivity index (χ4n) is 2.39. The van der Waals surface area contributed by atoms with Crippen LogP contribution in [0.5, 0.6) is 0 Å². The van der Waals surface area contributed by atoms with E-state index < -0.39 is 0 Å². The van der Waals surface area contributed by atoms with Crippen molar-refractivity contribution in [3.05, 3.63) is 23.4 Å². The number of H-pyrrole nitrogens is 1. The van der Waals surface area contributed by atoms with Crippen molar-refractivity contribution in [3.8, 4) is 11.5 Å². The fourth-order valence-corrected chi connectivity index (χ4v) is 2.51. The molecule has 0 unspecified atom stereocenters. The molecule has 20 heavy (non-hydrogen) atoms. The molecule has 2 aromatic rings. The van der Waals surface area contributed by atoms with Gasteiger partial charge in [-0.1, -0.05) is 11.6 Å². The molecule has 0 atom stereocenters. The average Bonchev–Trinajstić information content (AvgIpc) is 2.98. The predicted octanol–water partition coefficient (Wildman–Crippen LogP) is 1.70. The van der Waals surface area contributed by atoms with E-state index in [2.05, 4.69) is 25.1 Å². The minimum Gasteiger partial charge on any atom is -0.340 e. The van der Waals surface area contributed by atoms with Crippen LogP contribution in [-0.2, 0) is 0 Å². The highest BCUT2D eigenvalue weighted by Gasteiger charge is 2.21. The van der Waals surface area contributed by atoms with Crippen LogP contribution < -0.4 is 10.6 Å². The molecule has 2 aromatic heterocycles. The van der Waals surface area contributed by atoms with Gasteiger partial charge >= 0.3 is 0 Å². The van der Waals surface area contributed by atoms with E-state index in [-0.39, 0.29) is 0 Å². The van der Waals surface area contributed by atoms with E-state index >= 15 is 0 Å². The second-order valence-corrected chi connectivity index (χ2v) is 5.45. The van der Waals surface area contributed by atoms with Crippen molar-refractivity contribution in [3.63, 3.8) is 0 Å². The van der Waals surface area contributed by atoms with E-state index in [1.54, 1.807) is 12.3 Å². The van der Waals surface area contributed by atoms with Crippen LogP contribution in [0, 0.1) is 5.92 Å². The highest BCUT2D eigenvalue weighted by atomic mass is 35.5. The maximum absolute atomic E-state index is 5.83. The summed E-state index contributed by atoms with van der Waals surface area (Å²) in [5.41, 5.74) is 6.45. The van der Waals surface area contributed by atoms with Gasteiger partial charge in [0.2, 0.25) is 5.95 Å².